The van der Waals surface area contributed by atoms with Crippen molar-refractivity contribution in [2.24, 2.45) is 17.3 Å². The van der Waals surface area contributed by atoms with E-state index in [4.69, 9.17) is 4.74 Å². The number of nitrogens with one attached hydrogen (secondary N) is 1. The zero-order valence-corrected chi connectivity index (χ0v) is 20.2. The second kappa shape index (κ2) is 9.02. The Kier molecular flexibility index (Phi) is 6.03. The molecular weight excluding hydrogens is 444 g/mol. The first kappa shape index (κ1) is 23.4. The van der Waals surface area contributed by atoms with E-state index in [2.05, 4.69) is 29.6 Å². The fourth-order valence-corrected chi connectivity index (χ4v) is 5.79. The first-order valence-corrected chi connectivity index (χ1v) is 12.5. The summed E-state index contributed by atoms with van der Waals surface area (Å²) in [5.74, 6) is -1.76. The summed E-state index contributed by atoms with van der Waals surface area (Å²) in [6.45, 7) is 4.71. The Labute approximate surface area is 205 Å². The Morgan fingerprint density at radius 2 is 1.69 bits per heavy atom. The summed E-state index contributed by atoms with van der Waals surface area (Å²) in [5, 5.41) is 12.4. The van der Waals surface area contributed by atoms with Gasteiger partial charge in [0.25, 0.3) is 0 Å². The zero-order valence-electron chi connectivity index (χ0n) is 20.2. The molecule has 0 radical (unpaired) electrons. The first-order chi connectivity index (χ1) is 16.8. The molecule has 2 fully saturated rings. The van der Waals surface area contributed by atoms with E-state index in [9.17, 15) is 19.5 Å². The number of carbonyl (C=O) groups excluding carboxylic acids is 2. The van der Waals surface area contributed by atoms with Gasteiger partial charge in [-0.2, -0.15) is 0 Å². The molecule has 1 heterocycles. The molecule has 1 spiro atoms. The number of carboxylic acid groups (broad SMARTS) is 1. The fourth-order valence-electron chi connectivity index (χ4n) is 5.79. The van der Waals surface area contributed by atoms with Gasteiger partial charge in [-0.1, -0.05) is 68.8 Å². The molecule has 3 atom stereocenters. The van der Waals surface area contributed by atoms with Crippen LogP contribution in [0.3, 0.4) is 0 Å². The minimum absolute atomic E-state index is 0.0597. The lowest BCUT2D eigenvalue weighted by atomic mass is 9.93. The van der Waals surface area contributed by atoms with Gasteiger partial charge >= 0.3 is 12.1 Å². The highest BCUT2D eigenvalue weighted by molar-refractivity contribution is 5.87. The van der Waals surface area contributed by atoms with E-state index >= 15 is 0 Å². The number of nitrogens with zero attached hydrogens (tertiary/aromatic N) is 1. The molecular formula is C28H32N2O5. The number of rotatable bonds is 7. The number of carboxylic acids is 1. The summed E-state index contributed by atoms with van der Waals surface area (Å²) in [6, 6.07) is 15.5. The zero-order chi connectivity index (χ0) is 24.7. The van der Waals surface area contributed by atoms with Gasteiger partial charge in [-0.15, -0.1) is 0 Å². The quantitative estimate of drug-likeness (QED) is 0.622. The average Bonchev–Trinajstić information content (AvgIpc) is 3.41. The van der Waals surface area contributed by atoms with Crippen molar-refractivity contribution in [1.29, 1.82) is 0 Å². The van der Waals surface area contributed by atoms with E-state index in [0.29, 0.717) is 13.0 Å². The van der Waals surface area contributed by atoms with Crippen molar-refractivity contribution < 1.29 is 24.2 Å². The highest BCUT2D eigenvalue weighted by atomic mass is 16.5. The molecule has 5 rings (SSSR count). The number of hydrogen-bond acceptors (Lipinski definition) is 4. The lowest BCUT2D eigenvalue weighted by molar-refractivity contribution is -0.143. The molecule has 0 bridgehead atoms. The molecule has 7 nitrogen and oxygen atoms in total. The monoisotopic (exact) mass is 476 g/mol. The molecule has 7 heteroatoms. The predicted molar refractivity (Wildman–Crippen MR) is 131 cm³/mol. The second-order valence-electron chi connectivity index (χ2n) is 10.3. The maximum absolute atomic E-state index is 13.4. The van der Waals surface area contributed by atoms with Crippen molar-refractivity contribution in [3.8, 4) is 11.1 Å². The third-order valence-corrected chi connectivity index (χ3v) is 8.25. The van der Waals surface area contributed by atoms with E-state index in [0.717, 1.165) is 35.1 Å². The molecule has 0 aromatic heterocycles. The Morgan fingerprint density at radius 1 is 1.09 bits per heavy atom. The van der Waals surface area contributed by atoms with Gasteiger partial charge in [0.05, 0.1) is 5.92 Å². The number of likely N-dealkylation sites (tertiary alicyclic amines) is 1. The Balaban J connectivity index is 1.26. The van der Waals surface area contributed by atoms with Gasteiger partial charge in [-0.3, -0.25) is 9.59 Å². The van der Waals surface area contributed by atoms with Gasteiger partial charge in [0.2, 0.25) is 5.91 Å². The molecule has 2 aromatic rings. The third-order valence-electron chi connectivity index (χ3n) is 8.25. The lowest BCUT2D eigenvalue weighted by Crippen LogP contribution is -2.51. The molecule has 2 aliphatic carbocycles. The van der Waals surface area contributed by atoms with Crippen LogP contribution in [0.5, 0.6) is 0 Å². The molecule has 3 aliphatic rings. The van der Waals surface area contributed by atoms with Crippen LogP contribution in [-0.2, 0) is 14.3 Å². The van der Waals surface area contributed by atoms with Gasteiger partial charge in [-0.05, 0) is 41.0 Å². The molecule has 35 heavy (non-hydrogen) atoms. The van der Waals surface area contributed by atoms with Crippen molar-refractivity contribution in [2.45, 2.75) is 45.1 Å². The minimum Gasteiger partial charge on any atom is -0.481 e. The van der Waals surface area contributed by atoms with Crippen molar-refractivity contribution in [3.05, 3.63) is 59.7 Å². The van der Waals surface area contributed by atoms with Crippen LogP contribution in [0.4, 0.5) is 4.79 Å². The molecule has 2 aromatic carbocycles. The minimum atomic E-state index is -0.845. The Bertz CT molecular complexity index is 1110. The highest BCUT2D eigenvalue weighted by Crippen LogP contribution is 2.56. The van der Waals surface area contributed by atoms with Crippen LogP contribution in [0, 0.1) is 17.3 Å². The summed E-state index contributed by atoms with van der Waals surface area (Å²) < 4.78 is 5.68. The van der Waals surface area contributed by atoms with Crippen molar-refractivity contribution in [2.75, 3.05) is 19.7 Å². The number of amides is 2. The van der Waals surface area contributed by atoms with Crippen molar-refractivity contribution in [3.63, 3.8) is 0 Å². The standard InChI is InChI=1S/C28H32N2O5/c1-3-17(2)24(25(31)30-14-23(26(32)33)28(16-30)12-13-28)29-27(34)35-15-22-20-10-6-4-8-18(20)19-9-5-7-11-21(19)22/h4-11,17,22-24H,3,12-16H2,1-2H3,(H,29,34)(H,32,33)/t17?,23?,24-/m0/s1. The van der Waals surface area contributed by atoms with Gasteiger partial charge < -0.3 is 20.1 Å². The summed E-state index contributed by atoms with van der Waals surface area (Å²) >= 11 is 0. The van der Waals surface area contributed by atoms with Crippen LogP contribution < -0.4 is 5.32 Å². The SMILES string of the molecule is CCC(C)[C@H](NC(=O)OCC1c2ccccc2-c2ccccc21)C(=O)N1CC(C(=O)O)C2(CC2)C1. The number of hydrogen-bond donors (Lipinski definition) is 2. The molecule has 2 N–H and O–H groups in total. The molecule has 1 saturated carbocycles. The van der Waals surface area contributed by atoms with Crippen LogP contribution in [0.2, 0.25) is 0 Å². The summed E-state index contributed by atoms with van der Waals surface area (Å²) in [6.07, 6.45) is 1.74. The highest BCUT2D eigenvalue weighted by Gasteiger charge is 2.59. The smallest absolute Gasteiger partial charge is 0.407 e. The van der Waals surface area contributed by atoms with Crippen molar-refractivity contribution in [1.82, 2.24) is 10.2 Å². The van der Waals surface area contributed by atoms with E-state index in [1.807, 2.05) is 38.1 Å². The number of alkyl carbamates (subject to hydrolysis) is 1. The molecule has 1 aliphatic heterocycles. The van der Waals surface area contributed by atoms with Crippen LogP contribution in [-0.4, -0.2) is 53.7 Å². The number of ether oxygens (including phenoxy) is 1. The maximum atomic E-state index is 13.4. The maximum Gasteiger partial charge on any atom is 0.407 e. The van der Waals surface area contributed by atoms with Crippen molar-refractivity contribution >= 4 is 18.0 Å². The number of carbonyl (C=O) groups is 3. The summed E-state index contributed by atoms with van der Waals surface area (Å²) in [7, 11) is 0. The molecule has 1 saturated heterocycles. The average molecular weight is 477 g/mol. The van der Waals surface area contributed by atoms with E-state index in [1.54, 1.807) is 4.90 Å². The van der Waals surface area contributed by atoms with Crippen LogP contribution in [0.25, 0.3) is 11.1 Å². The van der Waals surface area contributed by atoms with Gasteiger partial charge in [-0.25, -0.2) is 4.79 Å². The largest absolute Gasteiger partial charge is 0.481 e. The van der Waals surface area contributed by atoms with E-state index in [1.165, 1.54) is 0 Å². The lowest BCUT2D eigenvalue weighted by Gasteiger charge is -2.28. The van der Waals surface area contributed by atoms with Gasteiger partial charge in [0.15, 0.2) is 0 Å². The number of aliphatic carboxylic acids is 1. The summed E-state index contributed by atoms with van der Waals surface area (Å²) in [5.41, 5.74) is 4.28. The molecule has 2 unspecified atom stereocenters. The normalized spacial score (nSPS) is 21.2. The number of fused-ring (bicyclic) bond motifs is 3. The second-order valence-corrected chi connectivity index (χ2v) is 10.3. The predicted octanol–water partition coefficient (Wildman–Crippen LogP) is 4.26. The first-order valence-electron chi connectivity index (χ1n) is 12.5. The summed E-state index contributed by atoms with van der Waals surface area (Å²) in [4.78, 5) is 39.7. The Morgan fingerprint density at radius 3 is 2.20 bits per heavy atom. The Hall–Kier alpha value is -3.35. The molecule has 184 valence electrons. The van der Waals surface area contributed by atoms with E-state index < -0.39 is 24.0 Å². The third kappa shape index (κ3) is 4.17. The fraction of sp³-hybridized carbons (Fsp3) is 0.464. The van der Waals surface area contributed by atoms with E-state index in [-0.39, 0.29) is 36.3 Å². The van der Waals surface area contributed by atoms with Crippen LogP contribution in [0.15, 0.2) is 48.5 Å². The van der Waals surface area contributed by atoms with Gasteiger partial charge in [0.1, 0.15) is 12.6 Å². The molecule has 2 amide bonds. The van der Waals surface area contributed by atoms with Crippen LogP contribution >= 0.6 is 0 Å². The topological polar surface area (TPSA) is 95.9 Å². The van der Waals surface area contributed by atoms with Crippen LogP contribution in [0.1, 0.15) is 50.2 Å². The number of benzene rings is 2. The van der Waals surface area contributed by atoms with Gasteiger partial charge in [0, 0.05) is 24.4 Å².